The van der Waals surface area contributed by atoms with Crippen LogP contribution in [0, 0.1) is 13.8 Å². The van der Waals surface area contributed by atoms with Gasteiger partial charge in [-0.1, -0.05) is 42.2 Å². The van der Waals surface area contributed by atoms with Crippen molar-refractivity contribution in [3.8, 4) is 0 Å². The smallest absolute Gasteiger partial charge is 0.267 e. The van der Waals surface area contributed by atoms with Gasteiger partial charge in [0.05, 0.1) is 11.6 Å². The minimum absolute atomic E-state index is 0.0574. The second kappa shape index (κ2) is 8.15. The topological polar surface area (TPSA) is 35.6 Å². The average molecular weight is 398 g/mol. The largest absolute Gasteiger partial charge is 0.378 e. The maximum Gasteiger partial charge on any atom is 0.267 e. The Morgan fingerprint density at radius 3 is 2.44 bits per heavy atom. The Labute approximate surface area is 170 Å². The van der Waals surface area contributed by atoms with Gasteiger partial charge in [-0.05, 0) is 60.9 Å². The van der Waals surface area contributed by atoms with Crippen molar-refractivity contribution in [3.05, 3.63) is 64.1 Å². The molecule has 1 heterocycles. The number of benzene rings is 2. The minimum atomic E-state index is -0.0574. The SMILES string of the molecule is Cc1ccc(NCN2C(=O)C(=Cc3ccc(N(C)C)cc3)SC2=S)cc1C. The summed E-state index contributed by atoms with van der Waals surface area (Å²) in [5.74, 6) is -0.0574. The predicted molar refractivity (Wildman–Crippen MR) is 120 cm³/mol. The van der Waals surface area contributed by atoms with E-state index in [1.165, 1.54) is 22.9 Å². The quantitative estimate of drug-likeness (QED) is 0.587. The summed E-state index contributed by atoms with van der Waals surface area (Å²) in [6.07, 6.45) is 1.90. The molecule has 0 radical (unpaired) electrons. The van der Waals surface area contributed by atoms with E-state index in [1.54, 1.807) is 4.90 Å². The maximum atomic E-state index is 12.7. The van der Waals surface area contributed by atoms with Crippen LogP contribution in [0.3, 0.4) is 0 Å². The monoisotopic (exact) mass is 397 g/mol. The summed E-state index contributed by atoms with van der Waals surface area (Å²) in [6.45, 7) is 4.52. The third-order valence-electron chi connectivity index (χ3n) is 4.53. The van der Waals surface area contributed by atoms with E-state index >= 15 is 0 Å². The van der Waals surface area contributed by atoms with Gasteiger partial charge in [0, 0.05) is 25.5 Å². The number of carbonyl (C=O) groups excluding carboxylic acids is 1. The van der Waals surface area contributed by atoms with Gasteiger partial charge in [-0.25, -0.2) is 0 Å². The Kier molecular flexibility index (Phi) is 5.87. The Bertz CT molecular complexity index is 904. The number of rotatable bonds is 5. The maximum absolute atomic E-state index is 12.7. The van der Waals surface area contributed by atoms with E-state index < -0.39 is 0 Å². The lowest BCUT2D eigenvalue weighted by molar-refractivity contribution is -0.121. The highest BCUT2D eigenvalue weighted by molar-refractivity contribution is 8.26. The Hall–Kier alpha value is -2.31. The zero-order valence-corrected chi connectivity index (χ0v) is 17.6. The van der Waals surface area contributed by atoms with Gasteiger partial charge in [0.15, 0.2) is 0 Å². The molecule has 1 aliphatic heterocycles. The molecule has 1 aliphatic rings. The van der Waals surface area contributed by atoms with E-state index in [9.17, 15) is 4.79 Å². The Balaban J connectivity index is 1.69. The molecule has 2 aromatic rings. The second-order valence-corrected chi connectivity index (χ2v) is 8.41. The first-order valence-corrected chi connectivity index (χ1v) is 9.91. The molecule has 1 amide bonds. The first-order chi connectivity index (χ1) is 12.8. The highest BCUT2D eigenvalue weighted by Gasteiger charge is 2.31. The highest BCUT2D eigenvalue weighted by atomic mass is 32.2. The van der Waals surface area contributed by atoms with Gasteiger partial charge in [0.1, 0.15) is 4.32 Å². The van der Waals surface area contributed by atoms with Gasteiger partial charge in [0.25, 0.3) is 5.91 Å². The molecular formula is C21H23N3OS2. The number of hydrogen-bond acceptors (Lipinski definition) is 5. The molecule has 0 aliphatic carbocycles. The van der Waals surface area contributed by atoms with E-state index in [4.69, 9.17) is 12.2 Å². The van der Waals surface area contributed by atoms with Crippen molar-refractivity contribution in [1.82, 2.24) is 4.90 Å². The zero-order valence-electron chi connectivity index (χ0n) is 15.9. The van der Waals surface area contributed by atoms with Crippen LogP contribution >= 0.6 is 24.0 Å². The third kappa shape index (κ3) is 4.51. The molecule has 3 rings (SSSR count). The van der Waals surface area contributed by atoms with Crippen molar-refractivity contribution < 1.29 is 4.79 Å². The minimum Gasteiger partial charge on any atom is -0.378 e. The van der Waals surface area contributed by atoms with Crippen molar-refractivity contribution in [3.63, 3.8) is 0 Å². The number of thioether (sulfide) groups is 1. The second-order valence-electron chi connectivity index (χ2n) is 6.73. The predicted octanol–water partition coefficient (Wildman–Crippen LogP) is 4.64. The number of nitrogens with zero attached hydrogens (tertiary/aromatic N) is 2. The molecule has 0 spiro atoms. The molecule has 0 unspecified atom stereocenters. The van der Waals surface area contributed by atoms with E-state index in [0.29, 0.717) is 15.9 Å². The van der Waals surface area contributed by atoms with Gasteiger partial charge in [-0.15, -0.1) is 0 Å². The summed E-state index contributed by atoms with van der Waals surface area (Å²) in [6, 6.07) is 14.3. The van der Waals surface area contributed by atoms with Crippen molar-refractivity contribution in [1.29, 1.82) is 0 Å². The van der Waals surface area contributed by atoms with Crippen LogP contribution in [0.25, 0.3) is 6.08 Å². The van der Waals surface area contributed by atoms with Gasteiger partial charge in [0.2, 0.25) is 0 Å². The van der Waals surface area contributed by atoms with Crippen molar-refractivity contribution in [2.75, 3.05) is 31.0 Å². The molecule has 1 N–H and O–H groups in total. The zero-order chi connectivity index (χ0) is 19.6. The molecule has 1 fully saturated rings. The van der Waals surface area contributed by atoms with Crippen molar-refractivity contribution >= 4 is 51.7 Å². The number of carbonyl (C=O) groups is 1. The van der Waals surface area contributed by atoms with Crippen LogP contribution < -0.4 is 10.2 Å². The third-order valence-corrected chi connectivity index (χ3v) is 5.91. The molecule has 0 saturated carbocycles. The highest BCUT2D eigenvalue weighted by Crippen LogP contribution is 2.32. The van der Waals surface area contributed by atoms with Crippen LogP contribution in [-0.2, 0) is 4.79 Å². The Morgan fingerprint density at radius 2 is 1.81 bits per heavy atom. The molecule has 0 aromatic heterocycles. The standard InChI is InChI=1S/C21H23N3OS2/c1-14-5-8-17(11-15(14)2)22-13-24-20(25)19(27-21(24)26)12-16-6-9-18(10-7-16)23(3)4/h5-12,22H,13H2,1-4H3. The van der Waals surface area contributed by atoms with Crippen LogP contribution in [0.2, 0.25) is 0 Å². The summed E-state index contributed by atoms with van der Waals surface area (Å²) >= 11 is 6.75. The molecule has 0 atom stereocenters. The van der Waals surface area contributed by atoms with Gasteiger partial charge >= 0.3 is 0 Å². The Morgan fingerprint density at radius 1 is 1.11 bits per heavy atom. The fourth-order valence-corrected chi connectivity index (χ4v) is 3.93. The van der Waals surface area contributed by atoms with Crippen LogP contribution in [-0.4, -0.2) is 35.9 Å². The fraction of sp³-hybridized carbons (Fsp3) is 0.238. The first-order valence-electron chi connectivity index (χ1n) is 8.69. The number of thiocarbonyl (C=S) groups is 1. The molecule has 0 bridgehead atoms. The normalized spacial score (nSPS) is 15.6. The van der Waals surface area contributed by atoms with Gasteiger partial charge < -0.3 is 10.2 Å². The molecule has 140 valence electrons. The lowest BCUT2D eigenvalue weighted by atomic mass is 10.1. The molecule has 4 nitrogen and oxygen atoms in total. The summed E-state index contributed by atoms with van der Waals surface area (Å²) in [7, 11) is 4.01. The van der Waals surface area contributed by atoms with Crippen molar-refractivity contribution in [2.45, 2.75) is 13.8 Å². The van der Waals surface area contributed by atoms with Crippen LogP contribution in [0.5, 0.6) is 0 Å². The number of aryl methyl sites for hydroxylation is 2. The van der Waals surface area contributed by atoms with E-state index in [-0.39, 0.29) is 5.91 Å². The summed E-state index contributed by atoms with van der Waals surface area (Å²) in [5, 5.41) is 3.29. The number of amides is 1. The molecule has 2 aromatic carbocycles. The molecule has 27 heavy (non-hydrogen) atoms. The molecule has 1 saturated heterocycles. The lowest BCUT2D eigenvalue weighted by Gasteiger charge is -2.16. The first kappa shape index (κ1) is 19.5. The van der Waals surface area contributed by atoms with Crippen molar-refractivity contribution in [2.24, 2.45) is 0 Å². The lowest BCUT2D eigenvalue weighted by Crippen LogP contribution is -2.33. The van der Waals surface area contributed by atoms with Gasteiger partial charge in [-0.3, -0.25) is 9.69 Å². The number of anilines is 2. The average Bonchev–Trinajstić information content (AvgIpc) is 2.90. The molecule has 6 heteroatoms. The van der Waals surface area contributed by atoms with E-state index in [1.807, 2.05) is 55.4 Å². The van der Waals surface area contributed by atoms with Crippen LogP contribution in [0.1, 0.15) is 16.7 Å². The van der Waals surface area contributed by atoms with Crippen LogP contribution in [0.15, 0.2) is 47.4 Å². The van der Waals surface area contributed by atoms with Gasteiger partial charge in [-0.2, -0.15) is 0 Å². The summed E-state index contributed by atoms with van der Waals surface area (Å²) < 4.78 is 0.576. The number of hydrogen-bond donors (Lipinski definition) is 1. The molecular weight excluding hydrogens is 374 g/mol. The van der Waals surface area contributed by atoms with E-state index in [0.717, 1.165) is 16.9 Å². The summed E-state index contributed by atoms with van der Waals surface area (Å²) in [4.78, 5) is 17.0. The summed E-state index contributed by atoms with van der Waals surface area (Å²) in [5.41, 5.74) is 5.55. The van der Waals surface area contributed by atoms with E-state index in [2.05, 4.69) is 31.3 Å². The van der Waals surface area contributed by atoms with Crippen LogP contribution in [0.4, 0.5) is 11.4 Å². The fourth-order valence-electron chi connectivity index (χ4n) is 2.68. The number of nitrogens with one attached hydrogen (secondary N) is 1.